The molecule has 0 aliphatic rings. The summed E-state index contributed by atoms with van der Waals surface area (Å²) in [5, 5.41) is 5.55. The van der Waals surface area contributed by atoms with Gasteiger partial charge in [0.05, 0.1) is 7.11 Å². The molecule has 0 radical (unpaired) electrons. The number of carbonyl (C=O) groups is 2. The Morgan fingerprint density at radius 1 is 0.815 bits per heavy atom. The number of amides is 2. The fraction of sp³-hybridized carbons (Fsp3) is 0.0909. The largest absolute Gasteiger partial charge is 0.496 e. The highest BCUT2D eigenvalue weighted by atomic mass is 16.5. The first kappa shape index (κ1) is 18.2. The van der Waals surface area contributed by atoms with Crippen LogP contribution in [-0.2, 0) is 4.79 Å². The van der Waals surface area contributed by atoms with Crippen LogP contribution in [0.5, 0.6) is 5.75 Å². The molecule has 0 aliphatic heterocycles. The van der Waals surface area contributed by atoms with Gasteiger partial charge in [-0.1, -0.05) is 36.4 Å². The van der Waals surface area contributed by atoms with E-state index in [4.69, 9.17) is 4.74 Å². The van der Waals surface area contributed by atoms with E-state index in [0.717, 1.165) is 11.1 Å². The maximum absolute atomic E-state index is 12.7. The molecule has 0 aromatic heterocycles. The monoisotopic (exact) mass is 360 g/mol. The first-order valence-corrected chi connectivity index (χ1v) is 8.49. The molecule has 0 aliphatic carbocycles. The van der Waals surface area contributed by atoms with E-state index < -0.39 is 0 Å². The normalized spacial score (nSPS) is 10.1. The predicted octanol–water partition coefficient (Wildman–Crippen LogP) is 4.57. The number of rotatable bonds is 5. The Balaban J connectivity index is 1.86. The minimum atomic E-state index is -0.241. The lowest BCUT2D eigenvalue weighted by Crippen LogP contribution is -2.13. The second-order valence-corrected chi connectivity index (χ2v) is 6.00. The van der Waals surface area contributed by atoms with Gasteiger partial charge < -0.3 is 15.4 Å². The summed E-state index contributed by atoms with van der Waals surface area (Å²) in [6.07, 6.45) is 0. The number of benzene rings is 3. The van der Waals surface area contributed by atoms with Gasteiger partial charge >= 0.3 is 0 Å². The Morgan fingerprint density at radius 3 is 2.19 bits per heavy atom. The van der Waals surface area contributed by atoms with Crippen LogP contribution in [0.1, 0.15) is 17.3 Å². The second-order valence-electron chi connectivity index (χ2n) is 6.00. The number of methoxy groups -OCH3 is 1. The molecule has 0 spiro atoms. The van der Waals surface area contributed by atoms with E-state index in [-0.39, 0.29) is 11.8 Å². The molecule has 3 rings (SSSR count). The summed E-state index contributed by atoms with van der Waals surface area (Å²) in [5.74, 6) is 0.293. The van der Waals surface area contributed by atoms with Crippen LogP contribution in [-0.4, -0.2) is 18.9 Å². The second kappa shape index (κ2) is 8.19. The number of ether oxygens (including phenoxy) is 1. The smallest absolute Gasteiger partial charge is 0.255 e. The number of hydrogen-bond acceptors (Lipinski definition) is 3. The van der Waals surface area contributed by atoms with Gasteiger partial charge in [0.15, 0.2) is 0 Å². The van der Waals surface area contributed by atoms with Crippen LogP contribution >= 0.6 is 0 Å². The summed E-state index contributed by atoms with van der Waals surface area (Å²) in [6, 6.07) is 22.1. The molecule has 0 fully saturated rings. The molecule has 0 bridgehead atoms. The lowest BCUT2D eigenvalue weighted by Gasteiger charge is -2.12. The quantitative estimate of drug-likeness (QED) is 0.700. The number of anilines is 2. The van der Waals surface area contributed by atoms with E-state index in [1.165, 1.54) is 6.92 Å². The Morgan fingerprint density at radius 2 is 1.52 bits per heavy atom. The van der Waals surface area contributed by atoms with Crippen molar-refractivity contribution in [3.05, 3.63) is 78.4 Å². The summed E-state index contributed by atoms with van der Waals surface area (Å²) in [6.45, 7) is 1.44. The molecular formula is C22H20N2O3. The zero-order valence-corrected chi connectivity index (χ0v) is 15.2. The standard InChI is InChI=1S/C22H20N2O3/c1-15(25)23-18-9-6-10-19(14-18)24-22(26)17-11-12-21(27-2)20(13-17)16-7-4-3-5-8-16/h3-14H,1-2H3,(H,23,25)(H,24,26). The number of hydrogen-bond donors (Lipinski definition) is 2. The van der Waals surface area contributed by atoms with Gasteiger partial charge in [0.1, 0.15) is 5.75 Å². The molecule has 5 heteroatoms. The highest BCUT2D eigenvalue weighted by molar-refractivity contribution is 6.05. The van der Waals surface area contributed by atoms with Gasteiger partial charge in [-0.25, -0.2) is 0 Å². The Hall–Kier alpha value is -3.60. The third-order valence-corrected chi connectivity index (χ3v) is 3.99. The molecule has 3 aromatic rings. The van der Waals surface area contributed by atoms with Crippen LogP contribution in [0.15, 0.2) is 72.8 Å². The van der Waals surface area contributed by atoms with E-state index in [9.17, 15) is 9.59 Å². The van der Waals surface area contributed by atoms with Gasteiger partial charge in [0, 0.05) is 29.4 Å². The van der Waals surface area contributed by atoms with Crippen molar-refractivity contribution in [2.45, 2.75) is 6.92 Å². The molecule has 0 atom stereocenters. The first-order valence-electron chi connectivity index (χ1n) is 8.49. The van der Waals surface area contributed by atoms with Crippen molar-refractivity contribution in [1.29, 1.82) is 0 Å². The highest BCUT2D eigenvalue weighted by Gasteiger charge is 2.12. The van der Waals surface area contributed by atoms with Crippen molar-refractivity contribution in [1.82, 2.24) is 0 Å². The van der Waals surface area contributed by atoms with Gasteiger partial charge in [0.2, 0.25) is 5.91 Å². The van der Waals surface area contributed by atoms with Crippen LogP contribution < -0.4 is 15.4 Å². The molecule has 2 amide bonds. The van der Waals surface area contributed by atoms with Crippen molar-refractivity contribution in [3.8, 4) is 16.9 Å². The highest BCUT2D eigenvalue weighted by Crippen LogP contribution is 2.31. The van der Waals surface area contributed by atoms with Crippen LogP contribution in [0, 0.1) is 0 Å². The van der Waals surface area contributed by atoms with Crippen molar-refractivity contribution in [2.75, 3.05) is 17.7 Å². The number of carbonyl (C=O) groups excluding carboxylic acids is 2. The SMILES string of the molecule is COc1ccc(C(=O)Nc2cccc(NC(C)=O)c2)cc1-c1ccccc1. The van der Waals surface area contributed by atoms with Crippen molar-refractivity contribution < 1.29 is 14.3 Å². The topological polar surface area (TPSA) is 67.4 Å². The molecule has 0 heterocycles. The lowest BCUT2D eigenvalue weighted by atomic mass is 10.0. The van der Waals surface area contributed by atoms with Crippen LogP contribution in [0.3, 0.4) is 0 Å². The van der Waals surface area contributed by atoms with Gasteiger partial charge in [0.25, 0.3) is 5.91 Å². The summed E-state index contributed by atoms with van der Waals surface area (Å²) in [5.41, 5.74) is 3.55. The van der Waals surface area contributed by atoms with Gasteiger partial charge in [-0.2, -0.15) is 0 Å². The maximum Gasteiger partial charge on any atom is 0.255 e. The van der Waals surface area contributed by atoms with Crippen LogP contribution in [0.4, 0.5) is 11.4 Å². The summed E-state index contributed by atoms with van der Waals surface area (Å²) < 4.78 is 5.43. The Bertz CT molecular complexity index is 968. The summed E-state index contributed by atoms with van der Waals surface area (Å²) in [4.78, 5) is 23.9. The predicted molar refractivity (Wildman–Crippen MR) is 107 cm³/mol. The average molecular weight is 360 g/mol. The molecule has 3 aromatic carbocycles. The Labute approximate surface area is 158 Å². The zero-order chi connectivity index (χ0) is 19.2. The van der Waals surface area contributed by atoms with Crippen LogP contribution in [0.25, 0.3) is 11.1 Å². The molecule has 0 unspecified atom stereocenters. The van der Waals surface area contributed by atoms with Gasteiger partial charge in [-0.15, -0.1) is 0 Å². The maximum atomic E-state index is 12.7. The number of nitrogens with one attached hydrogen (secondary N) is 2. The van der Waals surface area contributed by atoms with E-state index in [1.54, 1.807) is 49.6 Å². The van der Waals surface area contributed by atoms with E-state index in [1.807, 2.05) is 30.3 Å². The lowest BCUT2D eigenvalue weighted by molar-refractivity contribution is -0.114. The fourth-order valence-electron chi connectivity index (χ4n) is 2.77. The molecule has 0 saturated carbocycles. The minimum Gasteiger partial charge on any atom is -0.496 e. The first-order chi connectivity index (χ1) is 13.1. The van der Waals surface area contributed by atoms with Crippen LogP contribution in [0.2, 0.25) is 0 Å². The molecule has 5 nitrogen and oxygen atoms in total. The third-order valence-electron chi connectivity index (χ3n) is 3.99. The molecule has 0 saturated heterocycles. The minimum absolute atomic E-state index is 0.166. The van der Waals surface area contributed by atoms with Gasteiger partial charge in [-0.05, 0) is 42.0 Å². The van der Waals surface area contributed by atoms with Gasteiger partial charge in [-0.3, -0.25) is 9.59 Å². The van der Waals surface area contributed by atoms with Crippen molar-refractivity contribution in [2.24, 2.45) is 0 Å². The van der Waals surface area contributed by atoms with E-state index in [0.29, 0.717) is 22.7 Å². The Kier molecular flexibility index (Phi) is 5.52. The molecule has 27 heavy (non-hydrogen) atoms. The fourth-order valence-corrected chi connectivity index (χ4v) is 2.77. The summed E-state index contributed by atoms with van der Waals surface area (Å²) in [7, 11) is 1.61. The molecule has 2 N–H and O–H groups in total. The zero-order valence-electron chi connectivity index (χ0n) is 15.2. The van der Waals surface area contributed by atoms with E-state index >= 15 is 0 Å². The molecular weight excluding hydrogens is 340 g/mol. The van der Waals surface area contributed by atoms with Crippen molar-refractivity contribution in [3.63, 3.8) is 0 Å². The summed E-state index contributed by atoms with van der Waals surface area (Å²) >= 11 is 0. The van der Waals surface area contributed by atoms with Crippen molar-refractivity contribution >= 4 is 23.2 Å². The molecule has 136 valence electrons. The third kappa shape index (κ3) is 4.52. The van der Waals surface area contributed by atoms with E-state index in [2.05, 4.69) is 10.6 Å². The average Bonchev–Trinajstić information content (AvgIpc) is 2.68.